The Balaban J connectivity index is 1.12. The zero-order valence-corrected chi connectivity index (χ0v) is 19.1. The first-order valence-electron chi connectivity index (χ1n) is 12.5. The standard InChI is InChI=1S/C27H37N3O2/c1-2-5-21(6-3-1)18-31-19-22-8-9-23-10-12-30(17-24(23)13-22)26-14-27(16-28-15-26)32-20-25-7-4-11-29-25/h1-3,5-6,14-16,22-25,29H,4,7-13,17-20H2. The second-order valence-corrected chi connectivity index (χ2v) is 9.92. The first-order chi connectivity index (χ1) is 15.8. The fourth-order valence-corrected chi connectivity index (χ4v) is 5.78. The molecule has 3 heterocycles. The third-order valence-electron chi connectivity index (χ3n) is 7.62. The topological polar surface area (TPSA) is 46.6 Å². The quantitative estimate of drug-likeness (QED) is 0.653. The highest BCUT2D eigenvalue weighted by Gasteiger charge is 2.35. The van der Waals surface area contributed by atoms with Gasteiger partial charge in [0.05, 0.1) is 24.7 Å². The molecule has 4 unspecified atom stereocenters. The van der Waals surface area contributed by atoms with Crippen molar-refractivity contribution in [1.82, 2.24) is 10.3 Å². The Hall–Kier alpha value is -2.11. The largest absolute Gasteiger partial charge is 0.490 e. The molecule has 1 saturated carbocycles. The average molecular weight is 436 g/mol. The predicted molar refractivity (Wildman–Crippen MR) is 128 cm³/mol. The number of piperidine rings is 1. The minimum Gasteiger partial charge on any atom is -0.490 e. The summed E-state index contributed by atoms with van der Waals surface area (Å²) < 4.78 is 12.1. The fourth-order valence-electron chi connectivity index (χ4n) is 5.78. The van der Waals surface area contributed by atoms with Gasteiger partial charge in [0, 0.05) is 31.8 Å². The number of nitrogens with one attached hydrogen (secondary N) is 1. The molecular formula is C27H37N3O2. The van der Waals surface area contributed by atoms with E-state index in [2.05, 4.69) is 51.6 Å². The molecule has 1 aromatic carbocycles. The summed E-state index contributed by atoms with van der Waals surface area (Å²) in [5, 5.41) is 3.50. The molecular weight excluding hydrogens is 398 g/mol. The fraction of sp³-hybridized carbons (Fsp3) is 0.593. The van der Waals surface area contributed by atoms with E-state index in [9.17, 15) is 0 Å². The zero-order chi connectivity index (χ0) is 21.6. The van der Waals surface area contributed by atoms with Crippen LogP contribution in [0.3, 0.4) is 0 Å². The summed E-state index contributed by atoms with van der Waals surface area (Å²) in [5.41, 5.74) is 2.48. The van der Waals surface area contributed by atoms with Crippen LogP contribution >= 0.6 is 0 Å². The number of aromatic nitrogens is 1. The lowest BCUT2D eigenvalue weighted by molar-refractivity contribution is 0.0464. The summed E-state index contributed by atoms with van der Waals surface area (Å²) in [7, 11) is 0. The van der Waals surface area contributed by atoms with Gasteiger partial charge in [0.25, 0.3) is 0 Å². The van der Waals surface area contributed by atoms with Crippen molar-refractivity contribution in [2.75, 3.05) is 37.7 Å². The molecule has 1 aliphatic carbocycles. The Bertz CT molecular complexity index is 840. The van der Waals surface area contributed by atoms with E-state index in [0.717, 1.165) is 57.0 Å². The normalized spacial score (nSPS) is 27.8. The van der Waals surface area contributed by atoms with Gasteiger partial charge in [0.1, 0.15) is 12.4 Å². The highest BCUT2D eigenvalue weighted by Crippen LogP contribution is 2.40. The van der Waals surface area contributed by atoms with Crippen LogP contribution in [-0.4, -0.2) is 43.9 Å². The molecule has 3 fully saturated rings. The molecule has 0 amide bonds. The van der Waals surface area contributed by atoms with E-state index in [1.54, 1.807) is 0 Å². The van der Waals surface area contributed by atoms with Gasteiger partial charge in [-0.2, -0.15) is 0 Å². The molecule has 0 spiro atoms. The molecule has 5 rings (SSSR count). The predicted octanol–water partition coefficient (Wildman–Crippen LogP) is 4.67. The molecule has 5 nitrogen and oxygen atoms in total. The van der Waals surface area contributed by atoms with E-state index >= 15 is 0 Å². The molecule has 0 bridgehead atoms. The molecule has 2 aromatic rings. The summed E-state index contributed by atoms with van der Waals surface area (Å²) in [5.74, 6) is 3.22. The number of fused-ring (bicyclic) bond motifs is 1. The third kappa shape index (κ3) is 5.62. The molecule has 172 valence electrons. The molecule has 3 aliphatic rings. The summed E-state index contributed by atoms with van der Waals surface area (Å²) in [6.45, 7) is 5.73. The van der Waals surface area contributed by atoms with Crippen LogP contribution < -0.4 is 15.0 Å². The Labute approximate surface area is 192 Å². The van der Waals surface area contributed by atoms with Gasteiger partial charge in [0.15, 0.2) is 0 Å². The zero-order valence-electron chi connectivity index (χ0n) is 19.1. The molecule has 2 saturated heterocycles. The lowest BCUT2D eigenvalue weighted by atomic mass is 9.71. The van der Waals surface area contributed by atoms with Crippen LogP contribution in [0.25, 0.3) is 0 Å². The van der Waals surface area contributed by atoms with Crippen molar-refractivity contribution in [3.63, 3.8) is 0 Å². The monoisotopic (exact) mass is 435 g/mol. The van der Waals surface area contributed by atoms with Gasteiger partial charge in [-0.15, -0.1) is 0 Å². The number of anilines is 1. The highest BCUT2D eigenvalue weighted by molar-refractivity contribution is 5.48. The maximum atomic E-state index is 6.09. The lowest BCUT2D eigenvalue weighted by Gasteiger charge is -2.44. The minimum atomic E-state index is 0.484. The van der Waals surface area contributed by atoms with E-state index in [0.29, 0.717) is 12.0 Å². The Kier molecular flexibility index (Phi) is 7.24. The van der Waals surface area contributed by atoms with Crippen molar-refractivity contribution >= 4 is 5.69 Å². The van der Waals surface area contributed by atoms with Crippen molar-refractivity contribution in [2.24, 2.45) is 17.8 Å². The number of ether oxygens (including phenoxy) is 2. The number of hydrogen-bond donors (Lipinski definition) is 1. The van der Waals surface area contributed by atoms with Crippen LogP contribution in [-0.2, 0) is 11.3 Å². The number of pyridine rings is 1. The van der Waals surface area contributed by atoms with Gasteiger partial charge in [0.2, 0.25) is 0 Å². The molecule has 2 aliphatic heterocycles. The van der Waals surface area contributed by atoms with Crippen molar-refractivity contribution in [3.8, 4) is 5.75 Å². The van der Waals surface area contributed by atoms with Crippen LogP contribution in [0, 0.1) is 17.8 Å². The second kappa shape index (κ2) is 10.7. The van der Waals surface area contributed by atoms with Gasteiger partial charge in [-0.3, -0.25) is 4.98 Å². The van der Waals surface area contributed by atoms with Gasteiger partial charge in [-0.25, -0.2) is 0 Å². The van der Waals surface area contributed by atoms with E-state index in [1.807, 2.05) is 12.4 Å². The third-order valence-corrected chi connectivity index (χ3v) is 7.62. The summed E-state index contributed by atoms with van der Waals surface area (Å²) in [6, 6.07) is 13.2. The molecule has 5 heteroatoms. The SMILES string of the molecule is c1ccc(COCC2CCC3CCN(c4cncc(OCC5CCCN5)c4)CC3C2)cc1. The average Bonchev–Trinajstić information content (AvgIpc) is 3.37. The van der Waals surface area contributed by atoms with Gasteiger partial charge in [-0.1, -0.05) is 30.3 Å². The van der Waals surface area contributed by atoms with Crippen LogP contribution in [0.2, 0.25) is 0 Å². The van der Waals surface area contributed by atoms with Crippen LogP contribution in [0.4, 0.5) is 5.69 Å². The smallest absolute Gasteiger partial charge is 0.139 e. The summed E-state index contributed by atoms with van der Waals surface area (Å²) in [6.07, 6.45) is 11.6. The lowest BCUT2D eigenvalue weighted by Crippen LogP contribution is -2.43. The van der Waals surface area contributed by atoms with Crippen molar-refractivity contribution in [1.29, 1.82) is 0 Å². The molecule has 1 aromatic heterocycles. The van der Waals surface area contributed by atoms with Crippen LogP contribution in [0.5, 0.6) is 5.75 Å². The minimum absolute atomic E-state index is 0.484. The van der Waals surface area contributed by atoms with E-state index in [1.165, 1.54) is 49.8 Å². The van der Waals surface area contributed by atoms with Crippen molar-refractivity contribution < 1.29 is 9.47 Å². The first kappa shape index (κ1) is 21.7. The number of benzene rings is 1. The van der Waals surface area contributed by atoms with Gasteiger partial charge >= 0.3 is 0 Å². The van der Waals surface area contributed by atoms with E-state index in [-0.39, 0.29) is 0 Å². The van der Waals surface area contributed by atoms with Gasteiger partial charge < -0.3 is 19.7 Å². The summed E-state index contributed by atoms with van der Waals surface area (Å²) in [4.78, 5) is 7.02. The van der Waals surface area contributed by atoms with Crippen LogP contribution in [0.15, 0.2) is 48.8 Å². The summed E-state index contributed by atoms with van der Waals surface area (Å²) >= 11 is 0. The number of nitrogens with zero attached hydrogens (tertiary/aromatic N) is 2. The highest BCUT2D eigenvalue weighted by atomic mass is 16.5. The molecule has 4 atom stereocenters. The molecule has 0 radical (unpaired) electrons. The molecule has 32 heavy (non-hydrogen) atoms. The number of hydrogen-bond acceptors (Lipinski definition) is 5. The van der Waals surface area contributed by atoms with E-state index in [4.69, 9.17) is 9.47 Å². The first-order valence-corrected chi connectivity index (χ1v) is 12.5. The van der Waals surface area contributed by atoms with Crippen molar-refractivity contribution in [3.05, 3.63) is 54.4 Å². The Morgan fingerprint density at radius 3 is 2.81 bits per heavy atom. The maximum Gasteiger partial charge on any atom is 0.139 e. The maximum absolute atomic E-state index is 6.09. The van der Waals surface area contributed by atoms with Crippen LogP contribution in [0.1, 0.15) is 44.1 Å². The molecule has 1 N–H and O–H groups in total. The van der Waals surface area contributed by atoms with Gasteiger partial charge in [-0.05, 0) is 68.4 Å². The number of rotatable bonds is 8. The second-order valence-electron chi connectivity index (χ2n) is 9.92. The Morgan fingerprint density at radius 2 is 1.94 bits per heavy atom. The van der Waals surface area contributed by atoms with Crippen molar-refractivity contribution in [2.45, 2.75) is 51.2 Å². The van der Waals surface area contributed by atoms with E-state index < -0.39 is 0 Å². The Morgan fingerprint density at radius 1 is 1.00 bits per heavy atom.